The lowest BCUT2D eigenvalue weighted by Gasteiger charge is -2.04. The second-order valence-electron chi connectivity index (χ2n) is 5.44. The summed E-state index contributed by atoms with van der Waals surface area (Å²) in [5.41, 5.74) is 3.03. The molecule has 0 bridgehead atoms. The highest BCUT2D eigenvalue weighted by Gasteiger charge is 2.13. The Hall–Kier alpha value is -3.28. The van der Waals surface area contributed by atoms with E-state index in [4.69, 9.17) is 0 Å². The third-order valence-corrected chi connectivity index (χ3v) is 3.52. The van der Waals surface area contributed by atoms with E-state index in [1.807, 2.05) is 31.2 Å². The third kappa shape index (κ3) is 3.38. The Kier molecular flexibility index (Phi) is 4.20. The fraction of sp³-hybridized carbons (Fsp3) is 0.111. The Morgan fingerprint density at radius 1 is 1.08 bits per heavy atom. The standard InChI is InChI=1S/C18H16N4O2/c1-12-6-8-16(9-7-12)22-11-19-17(21-22)18(24)20-15-5-3-4-14(10-15)13(2)23/h3-11H,1-2H3,(H,20,24). The van der Waals surface area contributed by atoms with E-state index in [0.29, 0.717) is 11.3 Å². The first kappa shape index (κ1) is 15.6. The molecule has 0 atom stereocenters. The molecule has 2 aromatic carbocycles. The zero-order chi connectivity index (χ0) is 17.1. The number of ketones is 1. The predicted molar refractivity (Wildman–Crippen MR) is 90.5 cm³/mol. The van der Waals surface area contributed by atoms with Crippen molar-refractivity contribution in [3.8, 4) is 5.69 Å². The van der Waals surface area contributed by atoms with Gasteiger partial charge in [0.05, 0.1) is 5.69 Å². The van der Waals surface area contributed by atoms with Gasteiger partial charge in [0, 0.05) is 11.3 Å². The van der Waals surface area contributed by atoms with Crippen molar-refractivity contribution in [2.24, 2.45) is 0 Å². The molecule has 1 heterocycles. The topological polar surface area (TPSA) is 76.9 Å². The van der Waals surface area contributed by atoms with E-state index in [-0.39, 0.29) is 11.6 Å². The third-order valence-electron chi connectivity index (χ3n) is 3.52. The maximum Gasteiger partial charge on any atom is 0.295 e. The number of carbonyl (C=O) groups excluding carboxylic acids is 2. The fourth-order valence-electron chi connectivity index (χ4n) is 2.19. The maximum atomic E-state index is 12.3. The number of amides is 1. The van der Waals surface area contributed by atoms with Gasteiger partial charge in [-0.25, -0.2) is 9.67 Å². The number of aromatic nitrogens is 3. The number of rotatable bonds is 4. The minimum Gasteiger partial charge on any atom is -0.319 e. The number of nitrogens with zero attached hydrogens (tertiary/aromatic N) is 3. The zero-order valence-electron chi connectivity index (χ0n) is 13.4. The minimum absolute atomic E-state index is 0.0591. The summed E-state index contributed by atoms with van der Waals surface area (Å²) in [6.07, 6.45) is 1.49. The molecule has 0 aliphatic heterocycles. The summed E-state index contributed by atoms with van der Waals surface area (Å²) in [4.78, 5) is 27.7. The van der Waals surface area contributed by atoms with Gasteiger partial charge in [0.1, 0.15) is 6.33 Å². The molecule has 0 unspecified atom stereocenters. The van der Waals surface area contributed by atoms with Crippen molar-refractivity contribution in [2.45, 2.75) is 13.8 Å². The van der Waals surface area contributed by atoms with Crippen molar-refractivity contribution in [2.75, 3.05) is 5.32 Å². The Morgan fingerprint density at radius 3 is 2.54 bits per heavy atom. The van der Waals surface area contributed by atoms with Crippen molar-refractivity contribution in [3.63, 3.8) is 0 Å². The van der Waals surface area contributed by atoms with Crippen LogP contribution in [0.25, 0.3) is 5.69 Å². The molecule has 0 saturated heterocycles. The molecule has 24 heavy (non-hydrogen) atoms. The van der Waals surface area contributed by atoms with Crippen LogP contribution in [0.15, 0.2) is 54.9 Å². The van der Waals surface area contributed by atoms with E-state index in [9.17, 15) is 9.59 Å². The quantitative estimate of drug-likeness (QED) is 0.750. The molecule has 1 aromatic heterocycles. The van der Waals surface area contributed by atoms with Gasteiger partial charge < -0.3 is 5.32 Å². The lowest BCUT2D eigenvalue weighted by atomic mass is 10.1. The number of benzene rings is 2. The van der Waals surface area contributed by atoms with E-state index in [0.717, 1.165) is 11.3 Å². The number of Topliss-reactive ketones (excluding diaryl/α,β-unsaturated/α-hetero) is 1. The van der Waals surface area contributed by atoms with Crippen LogP contribution in [0.3, 0.4) is 0 Å². The average molecular weight is 320 g/mol. The van der Waals surface area contributed by atoms with E-state index in [1.54, 1.807) is 28.9 Å². The van der Waals surface area contributed by atoms with Crippen LogP contribution in [0.4, 0.5) is 5.69 Å². The zero-order valence-corrected chi connectivity index (χ0v) is 13.4. The van der Waals surface area contributed by atoms with Crippen molar-refractivity contribution in [1.82, 2.24) is 14.8 Å². The molecule has 6 heteroatoms. The summed E-state index contributed by atoms with van der Waals surface area (Å²) in [5, 5.41) is 6.89. The number of nitrogens with one attached hydrogen (secondary N) is 1. The van der Waals surface area contributed by atoms with Crippen molar-refractivity contribution in [1.29, 1.82) is 0 Å². The highest BCUT2D eigenvalue weighted by atomic mass is 16.2. The van der Waals surface area contributed by atoms with Gasteiger partial charge in [-0.05, 0) is 38.1 Å². The number of anilines is 1. The first-order chi connectivity index (χ1) is 11.5. The molecule has 3 aromatic rings. The first-order valence-electron chi connectivity index (χ1n) is 7.44. The van der Waals surface area contributed by atoms with Gasteiger partial charge in [-0.2, -0.15) is 0 Å². The second kappa shape index (κ2) is 6.45. The SMILES string of the molecule is CC(=O)c1cccc(NC(=O)c2ncn(-c3ccc(C)cc3)n2)c1. The first-order valence-corrected chi connectivity index (χ1v) is 7.44. The van der Waals surface area contributed by atoms with Gasteiger partial charge in [0.15, 0.2) is 5.78 Å². The summed E-state index contributed by atoms with van der Waals surface area (Å²) in [7, 11) is 0. The summed E-state index contributed by atoms with van der Waals surface area (Å²) < 4.78 is 1.54. The fourth-order valence-corrected chi connectivity index (χ4v) is 2.19. The van der Waals surface area contributed by atoms with Crippen molar-refractivity contribution in [3.05, 3.63) is 71.8 Å². The van der Waals surface area contributed by atoms with Crippen LogP contribution in [-0.4, -0.2) is 26.5 Å². The molecule has 0 saturated carbocycles. The van der Waals surface area contributed by atoms with Gasteiger partial charge in [-0.3, -0.25) is 9.59 Å². The van der Waals surface area contributed by atoms with Crippen molar-refractivity contribution < 1.29 is 9.59 Å². The molecular formula is C18H16N4O2. The minimum atomic E-state index is -0.429. The number of aryl methyl sites for hydroxylation is 1. The molecule has 1 N–H and O–H groups in total. The molecule has 0 fully saturated rings. The molecule has 0 aliphatic rings. The normalized spacial score (nSPS) is 10.4. The molecule has 6 nitrogen and oxygen atoms in total. The summed E-state index contributed by atoms with van der Waals surface area (Å²) >= 11 is 0. The molecule has 0 radical (unpaired) electrons. The van der Waals surface area contributed by atoms with Gasteiger partial charge in [-0.15, -0.1) is 5.10 Å². The van der Waals surface area contributed by atoms with E-state index < -0.39 is 5.91 Å². The van der Waals surface area contributed by atoms with Gasteiger partial charge in [0.2, 0.25) is 5.82 Å². The Bertz CT molecular complexity index is 897. The Labute approximate surface area is 139 Å². The van der Waals surface area contributed by atoms with Gasteiger partial charge >= 0.3 is 0 Å². The molecule has 0 aliphatic carbocycles. The molecule has 120 valence electrons. The van der Waals surface area contributed by atoms with Crippen LogP contribution in [0, 0.1) is 6.92 Å². The average Bonchev–Trinajstić information content (AvgIpc) is 3.06. The highest BCUT2D eigenvalue weighted by molar-refractivity contribution is 6.02. The number of carbonyl (C=O) groups is 2. The van der Waals surface area contributed by atoms with E-state index >= 15 is 0 Å². The summed E-state index contributed by atoms with van der Waals surface area (Å²) in [5.74, 6) is -0.432. The smallest absolute Gasteiger partial charge is 0.295 e. The van der Waals surface area contributed by atoms with Crippen LogP contribution in [0.1, 0.15) is 33.5 Å². The lowest BCUT2D eigenvalue weighted by molar-refractivity contribution is 0.100. The summed E-state index contributed by atoms with van der Waals surface area (Å²) in [6.45, 7) is 3.48. The van der Waals surface area contributed by atoms with Crippen LogP contribution in [0.2, 0.25) is 0 Å². The van der Waals surface area contributed by atoms with Crippen LogP contribution < -0.4 is 5.32 Å². The van der Waals surface area contributed by atoms with Gasteiger partial charge in [-0.1, -0.05) is 29.8 Å². The van der Waals surface area contributed by atoms with Crippen LogP contribution in [-0.2, 0) is 0 Å². The van der Waals surface area contributed by atoms with Crippen LogP contribution >= 0.6 is 0 Å². The monoisotopic (exact) mass is 320 g/mol. The number of hydrogen-bond acceptors (Lipinski definition) is 4. The maximum absolute atomic E-state index is 12.3. The van der Waals surface area contributed by atoms with E-state index in [1.165, 1.54) is 13.3 Å². The van der Waals surface area contributed by atoms with Crippen molar-refractivity contribution >= 4 is 17.4 Å². The largest absolute Gasteiger partial charge is 0.319 e. The lowest BCUT2D eigenvalue weighted by Crippen LogP contribution is -2.14. The molecule has 0 spiro atoms. The van der Waals surface area contributed by atoms with E-state index in [2.05, 4.69) is 15.4 Å². The Balaban J connectivity index is 1.77. The highest BCUT2D eigenvalue weighted by Crippen LogP contribution is 2.13. The molecule has 1 amide bonds. The molecule has 3 rings (SSSR count). The van der Waals surface area contributed by atoms with Gasteiger partial charge in [0.25, 0.3) is 5.91 Å². The predicted octanol–water partition coefficient (Wildman–Crippen LogP) is 3.03. The Morgan fingerprint density at radius 2 is 1.83 bits per heavy atom. The summed E-state index contributed by atoms with van der Waals surface area (Å²) in [6, 6.07) is 14.5. The molecular weight excluding hydrogens is 304 g/mol. The number of hydrogen-bond donors (Lipinski definition) is 1. The second-order valence-corrected chi connectivity index (χ2v) is 5.44. The van der Waals surface area contributed by atoms with Crippen LogP contribution in [0.5, 0.6) is 0 Å².